The van der Waals surface area contributed by atoms with Crippen LogP contribution in [0.25, 0.3) is 0 Å². The van der Waals surface area contributed by atoms with Crippen molar-refractivity contribution in [3.8, 4) is 0 Å². The molecule has 1 aromatic carbocycles. The van der Waals surface area contributed by atoms with E-state index < -0.39 is 0 Å². The smallest absolute Gasteiger partial charge is 0.129 e. The summed E-state index contributed by atoms with van der Waals surface area (Å²) >= 11 is 0. The van der Waals surface area contributed by atoms with Crippen LogP contribution in [0.15, 0.2) is 36.4 Å². The maximum atomic E-state index is 5.51. The third-order valence-electron chi connectivity index (χ3n) is 5.73. The monoisotopic (exact) mass is 366 g/mol. The molecule has 0 radical (unpaired) electrons. The summed E-state index contributed by atoms with van der Waals surface area (Å²) in [6.07, 6.45) is 3.55. The quantitative estimate of drug-likeness (QED) is 0.846. The standard InChI is InChI=1S/C22H30N4O/c1-17-24-21(20-9-12-27-16-20)13-22(25-17)23-14-18-7-10-26(11-8-18)15-19-5-3-2-4-6-19/h2-6,13,18,20H,7-12,14-16H2,1H3,(H,23,24,25). The molecule has 27 heavy (non-hydrogen) atoms. The van der Waals surface area contributed by atoms with Crippen molar-refractivity contribution in [3.63, 3.8) is 0 Å². The molecule has 0 amide bonds. The summed E-state index contributed by atoms with van der Waals surface area (Å²) < 4.78 is 5.51. The zero-order valence-corrected chi connectivity index (χ0v) is 16.2. The maximum Gasteiger partial charge on any atom is 0.129 e. The number of hydrogen-bond donors (Lipinski definition) is 1. The first-order chi connectivity index (χ1) is 13.3. The normalized spacial score (nSPS) is 21.4. The molecule has 2 aromatic rings. The van der Waals surface area contributed by atoms with Gasteiger partial charge in [0.1, 0.15) is 11.6 Å². The molecule has 1 aromatic heterocycles. The Balaban J connectivity index is 1.26. The van der Waals surface area contributed by atoms with Gasteiger partial charge in [-0.2, -0.15) is 0 Å². The number of benzene rings is 1. The van der Waals surface area contributed by atoms with E-state index in [0.29, 0.717) is 11.8 Å². The highest BCUT2D eigenvalue weighted by Gasteiger charge is 2.21. The first-order valence-corrected chi connectivity index (χ1v) is 10.2. The summed E-state index contributed by atoms with van der Waals surface area (Å²) in [7, 11) is 0. The number of aromatic nitrogens is 2. The molecule has 0 bridgehead atoms. The van der Waals surface area contributed by atoms with Gasteiger partial charge in [0.2, 0.25) is 0 Å². The molecule has 2 fully saturated rings. The van der Waals surface area contributed by atoms with Gasteiger partial charge in [-0.15, -0.1) is 0 Å². The number of ether oxygens (including phenoxy) is 1. The fraction of sp³-hybridized carbons (Fsp3) is 0.545. The summed E-state index contributed by atoms with van der Waals surface area (Å²) in [5.41, 5.74) is 2.54. The van der Waals surface area contributed by atoms with Crippen molar-refractivity contribution in [1.29, 1.82) is 0 Å². The van der Waals surface area contributed by atoms with Gasteiger partial charge in [-0.25, -0.2) is 9.97 Å². The first kappa shape index (κ1) is 18.4. The highest BCUT2D eigenvalue weighted by molar-refractivity contribution is 5.37. The third kappa shape index (κ3) is 5.05. The second-order valence-corrected chi connectivity index (χ2v) is 7.87. The Kier molecular flexibility index (Phi) is 6.00. The van der Waals surface area contributed by atoms with Crippen molar-refractivity contribution in [3.05, 3.63) is 53.5 Å². The van der Waals surface area contributed by atoms with Crippen molar-refractivity contribution in [2.24, 2.45) is 5.92 Å². The first-order valence-electron chi connectivity index (χ1n) is 10.2. The Bertz CT molecular complexity index is 722. The minimum Gasteiger partial charge on any atom is -0.381 e. The summed E-state index contributed by atoms with van der Waals surface area (Å²) in [6, 6.07) is 12.9. The molecular weight excluding hydrogens is 336 g/mol. The van der Waals surface area contributed by atoms with Crippen molar-refractivity contribution in [2.75, 3.05) is 38.2 Å². The molecule has 1 unspecified atom stereocenters. The van der Waals surface area contributed by atoms with E-state index in [1.807, 2.05) is 6.92 Å². The van der Waals surface area contributed by atoms with Crippen LogP contribution in [-0.2, 0) is 11.3 Å². The van der Waals surface area contributed by atoms with Gasteiger partial charge in [0.15, 0.2) is 0 Å². The molecule has 2 aliphatic rings. The van der Waals surface area contributed by atoms with Crippen LogP contribution >= 0.6 is 0 Å². The summed E-state index contributed by atoms with van der Waals surface area (Å²) in [5, 5.41) is 3.57. The van der Waals surface area contributed by atoms with Gasteiger partial charge in [0.05, 0.1) is 12.3 Å². The summed E-state index contributed by atoms with van der Waals surface area (Å²) in [4.78, 5) is 11.8. The number of nitrogens with one attached hydrogen (secondary N) is 1. The van der Waals surface area contributed by atoms with E-state index >= 15 is 0 Å². The number of likely N-dealkylation sites (tertiary alicyclic amines) is 1. The molecule has 0 spiro atoms. The lowest BCUT2D eigenvalue weighted by Gasteiger charge is -2.32. The lowest BCUT2D eigenvalue weighted by molar-refractivity contribution is 0.182. The topological polar surface area (TPSA) is 50.3 Å². The molecule has 2 saturated heterocycles. The van der Waals surface area contributed by atoms with Crippen LogP contribution in [0.2, 0.25) is 0 Å². The average molecular weight is 367 g/mol. The largest absolute Gasteiger partial charge is 0.381 e. The fourth-order valence-corrected chi connectivity index (χ4v) is 4.10. The Morgan fingerprint density at radius 1 is 1.11 bits per heavy atom. The van der Waals surface area contributed by atoms with Crippen molar-refractivity contribution in [1.82, 2.24) is 14.9 Å². The predicted octanol–water partition coefficient (Wildman–Crippen LogP) is 3.61. The number of anilines is 1. The Morgan fingerprint density at radius 2 is 1.93 bits per heavy atom. The minimum atomic E-state index is 0.425. The van der Waals surface area contributed by atoms with E-state index in [-0.39, 0.29) is 0 Å². The molecule has 0 saturated carbocycles. The molecule has 4 rings (SSSR count). The van der Waals surface area contributed by atoms with E-state index in [2.05, 4.69) is 56.6 Å². The molecule has 144 valence electrons. The van der Waals surface area contributed by atoms with Gasteiger partial charge < -0.3 is 10.1 Å². The van der Waals surface area contributed by atoms with Crippen molar-refractivity contribution >= 4 is 5.82 Å². The van der Waals surface area contributed by atoms with Crippen molar-refractivity contribution < 1.29 is 4.74 Å². The van der Waals surface area contributed by atoms with Crippen LogP contribution < -0.4 is 5.32 Å². The number of aryl methyl sites for hydroxylation is 1. The molecule has 0 aliphatic carbocycles. The van der Waals surface area contributed by atoms with Gasteiger partial charge in [0, 0.05) is 31.7 Å². The maximum absolute atomic E-state index is 5.51. The van der Waals surface area contributed by atoms with Crippen molar-refractivity contribution in [2.45, 2.75) is 38.6 Å². The zero-order valence-electron chi connectivity index (χ0n) is 16.2. The van der Waals surface area contributed by atoms with Crippen LogP contribution in [0.3, 0.4) is 0 Å². The lowest BCUT2D eigenvalue weighted by Crippen LogP contribution is -2.35. The molecule has 5 heteroatoms. The van der Waals surface area contributed by atoms with Gasteiger partial charge in [-0.1, -0.05) is 30.3 Å². The Labute approximate surface area is 162 Å². The SMILES string of the molecule is Cc1nc(NCC2CCN(Cc3ccccc3)CC2)cc(C2CCOC2)n1. The Morgan fingerprint density at radius 3 is 2.67 bits per heavy atom. The second kappa shape index (κ2) is 8.81. The lowest BCUT2D eigenvalue weighted by atomic mass is 9.96. The zero-order chi connectivity index (χ0) is 18.5. The molecular formula is C22H30N4O. The molecule has 1 atom stereocenters. The minimum absolute atomic E-state index is 0.425. The van der Waals surface area contributed by atoms with Crippen LogP contribution in [0, 0.1) is 12.8 Å². The Hall–Kier alpha value is -1.98. The van der Waals surface area contributed by atoms with Crippen LogP contribution in [-0.4, -0.2) is 47.7 Å². The van der Waals surface area contributed by atoms with Gasteiger partial charge in [-0.05, 0) is 50.8 Å². The van der Waals surface area contributed by atoms with Crippen LogP contribution in [0.1, 0.15) is 42.3 Å². The number of nitrogens with zero attached hydrogens (tertiary/aromatic N) is 3. The van der Waals surface area contributed by atoms with E-state index in [9.17, 15) is 0 Å². The van der Waals surface area contributed by atoms with E-state index in [1.165, 1.54) is 31.5 Å². The van der Waals surface area contributed by atoms with Crippen LogP contribution in [0.5, 0.6) is 0 Å². The molecule has 5 nitrogen and oxygen atoms in total. The highest BCUT2D eigenvalue weighted by atomic mass is 16.5. The predicted molar refractivity (Wildman–Crippen MR) is 108 cm³/mol. The fourth-order valence-electron chi connectivity index (χ4n) is 4.10. The van der Waals surface area contributed by atoms with E-state index in [4.69, 9.17) is 4.74 Å². The average Bonchev–Trinajstić information content (AvgIpc) is 3.23. The molecule has 1 N–H and O–H groups in total. The van der Waals surface area contributed by atoms with Gasteiger partial charge in [0.25, 0.3) is 0 Å². The highest BCUT2D eigenvalue weighted by Crippen LogP contribution is 2.25. The summed E-state index contributed by atoms with van der Waals surface area (Å²) in [5.74, 6) is 2.95. The number of hydrogen-bond acceptors (Lipinski definition) is 5. The number of rotatable bonds is 6. The molecule has 3 heterocycles. The van der Waals surface area contributed by atoms with Gasteiger partial charge >= 0.3 is 0 Å². The van der Waals surface area contributed by atoms with Crippen LogP contribution in [0.4, 0.5) is 5.82 Å². The number of piperidine rings is 1. The summed E-state index contributed by atoms with van der Waals surface area (Å²) in [6.45, 7) is 8.03. The molecule has 2 aliphatic heterocycles. The van der Waals surface area contributed by atoms with Gasteiger partial charge in [-0.3, -0.25) is 4.90 Å². The van der Waals surface area contributed by atoms with E-state index in [1.54, 1.807) is 0 Å². The second-order valence-electron chi connectivity index (χ2n) is 7.87. The van der Waals surface area contributed by atoms with E-state index in [0.717, 1.165) is 50.1 Å². The third-order valence-corrected chi connectivity index (χ3v) is 5.73.